The maximum absolute atomic E-state index is 13.6. The van der Waals surface area contributed by atoms with Gasteiger partial charge in [0.25, 0.3) is 11.8 Å². The van der Waals surface area contributed by atoms with Crippen molar-refractivity contribution in [1.29, 1.82) is 0 Å². The van der Waals surface area contributed by atoms with E-state index in [2.05, 4.69) is 10.6 Å². The molecule has 1 aromatic carbocycles. The molecule has 0 spiro atoms. The van der Waals surface area contributed by atoms with E-state index in [1.54, 1.807) is 6.07 Å². The molecule has 37 heavy (non-hydrogen) atoms. The second-order valence-corrected chi connectivity index (χ2v) is 10.7. The van der Waals surface area contributed by atoms with Crippen molar-refractivity contribution in [3.8, 4) is 5.75 Å². The Bertz CT molecular complexity index is 1130. The molecule has 4 aliphatic rings. The van der Waals surface area contributed by atoms with E-state index in [4.69, 9.17) is 0 Å². The van der Waals surface area contributed by atoms with Crippen molar-refractivity contribution < 1.29 is 33.1 Å². The first-order valence-electron chi connectivity index (χ1n) is 13.0. The molecule has 11 heteroatoms. The molecule has 2 aliphatic carbocycles. The molecule has 0 radical (unpaired) electrons. The minimum Gasteiger partial charge on any atom is -0.505 e. The smallest absolute Gasteiger partial charge is 0.266 e. The van der Waals surface area contributed by atoms with Gasteiger partial charge in [0, 0.05) is 44.4 Å². The number of phenols is 1. The van der Waals surface area contributed by atoms with Crippen LogP contribution in [0.15, 0.2) is 12.1 Å². The van der Waals surface area contributed by atoms with Crippen molar-refractivity contribution in [1.82, 2.24) is 15.5 Å². The van der Waals surface area contributed by atoms with Gasteiger partial charge in [0.1, 0.15) is 6.04 Å². The zero-order valence-corrected chi connectivity index (χ0v) is 20.8. The summed E-state index contributed by atoms with van der Waals surface area (Å²) < 4.78 is 27.2. The predicted octanol–water partition coefficient (Wildman–Crippen LogP) is 2.71. The van der Waals surface area contributed by atoms with Gasteiger partial charge in [-0.05, 0) is 44.2 Å². The number of rotatable bonds is 5. The van der Waals surface area contributed by atoms with E-state index in [0.29, 0.717) is 18.5 Å². The molecule has 0 aromatic heterocycles. The van der Waals surface area contributed by atoms with Gasteiger partial charge in [-0.2, -0.15) is 0 Å². The second-order valence-electron chi connectivity index (χ2n) is 10.7. The number of carbonyl (C=O) groups is 4. The maximum Gasteiger partial charge on any atom is 0.266 e. The Balaban J connectivity index is 1.36. The Labute approximate surface area is 213 Å². The standard InChI is InChI=1S/C26H32F2N4O5/c1-31(17-5-3-2-4-16(17)29-14-10-12-26(27,28)13-11-14)18-7-6-15-21(22(18)34)25(37)32(24(15)36)19-8-9-20(33)30-23(19)35/h6-7,14,16-17,19,29,34H,2-5,8-13H2,1H3,(H,30,33,35)/t16-,17+,19?/m1/s1. The first-order chi connectivity index (χ1) is 17.6. The molecule has 1 aromatic rings. The summed E-state index contributed by atoms with van der Waals surface area (Å²) in [6.07, 6.45) is 4.30. The molecule has 1 unspecified atom stereocenters. The highest BCUT2D eigenvalue weighted by molar-refractivity contribution is 6.25. The minimum absolute atomic E-state index is 0.00789. The lowest BCUT2D eigenvalue weighted by molar-refractivity contribution is -0.136. The van der Waals surface area contributed by atoms with Gasteiger partial charge in [-0.1, -0.05) is 12.8 Å². The Morgan fingerprint density at radius 3 is 2.43 bits per heavy atom. The average molecular weight is 519 g/mol. The quantitative estimate of drug-likeness (QED) is 0.513. The van der Waals surface area contributed by atoms with E-state index in [-0.39, 0.29) is 60.7 Å². The summed E-state index contributed by atoms with van der Waals surface area (Å²) in [6.45, 7) is 0. The van der Waals surface area contributed by atoms with Crippen molar-refractivity contribution in [2.45, 2.75) is 94.3 Å². The van der Waals surface area contributed by atoms with Crippen LogP contribution in [0.5, 0.6) is 5.75 Å². The molecule has 3 fully saturated rings. The van der Waals surface area contributed by atoms with Crippen LogP contribution >= 0.6 is 0 Å². The number of nitrogens with one attached hydrogen (secondary N) is 2. The molecule has 4 amide bonds. The summed E-state index contributed by atoms with van der Waals surface area (Å²) in [6, 6.07) is 1.97. The van der Waals surface area contributed by atoms with Crippen LogP contribution in [0.3, 0.4) is 0 Å². The van der Waals surface area contributed by atoms with Gasteiger partial charge in [-0.3, -0.25) is 29.4 Å². The summed E-state index contributed by atoms with van der Waals surface area (Å²) in [7, 11) is 1.82. The van der Waals surface area contributed by atoms with Gasteiger partial charge in [-0.15, -0.1) is 0 Å². The number of aromatic hydroxyl groups is 1. The monoisotopic (exact) mass is 518 g/mol. The Kier molecular flexibility index (Phi) is 6.68. The molecule has 2 aliphatic heterocycles. The number of halogens is 2. The maximum atomic E-state index is 13.6. The van der Waals surface area contributed by atoms with Crippen LogP contribution < -0.4 is 15.5 Å². The van der Waals surface area contributed by atoms with Crippen molar-refractivity contribution in [3.05, 3.63) is 23.3 Å². The molecule has 9 nitrogen and oxygen atoms in total. The fourth-order valence-corrected chi connectivity index (χ4v) is 6.27. The summed E-state index contributed by atoms with van der Waals surface area (Å²) >= 11 is 0. The van der Waals surface area contributed by atoms with Gasteiger partial charge in [0.2, 0.25) is 17.7 Å². The first kappa shape index (κ1) is 25.6. The number of carbonyl (C=O) groups excluding carboxylic acids is 4. The lowest BCUT2D eigenvalue weighted by Gasteiger charge is -2.42. The number of amides is 4. The highest BCUT2D eigenvalue weighted by Gasteiger charge is 2.47. The topological polar surface area (TPSA) is 119 Å². The van der Waals surface area contributed by atoms with Crippen LogP contribution in [0, 0.1) is 0 Å². The molecule has 5 rings (SSSR count). The summed E-state index contributed by atoms with van der Waals surface area (Å²) in [4.78, 5) is 52.9. The van der Waals surface area contributed by atoms with E-state index < -0.39 is 35.6 Å². The number of nitrogens with zero attached hydrogens (tertiary/aromatic N) is 2. The SMILES string of the molecule is CN(c1ccc2c(c1O)C(=O)N(C1CCC(=O)NC1=O)C2=O)[C@H]1CCCC[C@H]1NC1CCC(F)(F)CC1. The van der Waals surface area contributed by atoms with Crippen LogP contribution in [0.1, 0.15) is 84.9 Å². The normalized spacial score (nSPS) is 28.3. The van der Waals surface area contributed by atoms with Crippen molar-refractivity contribution >= 4 is 29.3 Å². The molecular formula is C26H32F2N4O5. The fourth-order valence-electron chi connectivity index (χ4n) is 6.27. The van der Waals surface area contributed by atoms with Crippen LogP contribution in [0.2, 0.25) is 0 Å². The van der Waals surface area contributed by atoms with Crippen LogP contribution in [0.25, 0.3) is 0 Å². The Hall–Kier alpha value is -3.08. The van der Waals surface area contributed by atoms with Gasteiger partial charge in [0.05, 0.1) is 16.8 Å². The lowest BCUT2D eigenvalue weighted by atomic mass is 9.86. The van der Waals surface area contributed by atoms with Gasteiger partial charge in [0.15, 0.2) is 5.75 Å². The van der Waals surface area contributed by atoms with Crippen molar-refractivity contribution in [2.75, 3.05) is 11.9 Å². The highest BCUT2D eigenvalue weighted by Crippen LogP contribution is 2.41. The van der Waals surface area contributed by atoms with E-state index in [1.807, 2.05) is 11.9 Å². The molecule has 3 N–H and O–H groups in total. The molecule has 0 bridgehead atoms. The number of fused-ring (bicyclic) bond motifs is 1. The molecule has 3 atom stereocenters. The number of hydrogen-bond donors (Lipinski definition) is 3. The summed E-state index contributed by atoms with van der Waals surface area (Å²) in [5, 5.41) is 16.9. The fraction of sp³-hybridized carbons (Fsp3) is 0.615. The third kappa shape index (κ3) is 4.69. The summed E-state index contributed by atoms with van der Waals surface area (Å²) in [5.41, 5.74) is 0.263. The van der Waals surface area contributed by atoms with Crippen LogP contribution in [-0.4, -0.2) is 70.8 Å². The summed E-state index contributed by atoms with van der Waals surface area (Å²) in [5.74, 6) is -5.52. The van der Waals surface area contributed by atoms with E-state index in [9.17, 15) is 33.1 Å². The second kappa shape index (κ2) is 9.66. The van der Waals surface area contributed by atoms with Gasteiger partial charge < -0.3 is 15.3 Å². The molecule has 2 heterocycles. The largest absolute Gasteiger partial charge is 0.505 e. The number of phenolic OH excluding ortho intramolecular Hbond substituents is 1. The lowest BCUT2D eigenvalue weighted by Crippen LogP contribution is -2.54. The number of imide groups is 2. The average Bonchev–Trinajstić information content (AvgIpc) is 3.11. The van der Waals surface area contributed by atoms with Crippen molar-refractivity contribution in [2.24, 2.45) is 0 Å². The minimum atomic E-state index is -2.59. The van der Waals surface area contributed by atoms with Crippen molar-refractivity contribution in [3.63, 3.8) is 0 Å². The number of benzene rings is 1. The third-order valence-electron chi connectivity index (χ3n) is 8.33. The zero-order chi connectivity index (χ0) is 26.5. The first-order valence-corrected chi connectivity index (χ1v) is 13.0. The predicted molar refractivity (Wildman–Crippen MR) is 130 cm³/mol. The van der Waals surface area contributed by atoms with Gasteiger partial charge in [-0.25, -0.2) is 8.78 Å². The number of likely N-dealkylation sites (N-methyl/N-ethyl adjacent to an activating group) is 1. The Morgan fingerprint density at radius 1 is 1.03 bits per heavy atom. The third-order valence-corrected chi connectivity index (χ3v) is 8.33. The number of piperidine rings is 1. The molecule has 200 valence electrons. The zero-order valence-electron chi connectivity index (χ0n) is 20.8. The Morgan fingerprint density at radius 2 is 1.73 bits per heavy atom. The highest BCUT2D eigenvalue weighted by atomic mass is 19.3. The van der Waals surface area contributed by atoms with E-state index >= 15 is 0 Å². The number of anilines is 1. The molecule has 1 saturated heterocycles. The van der Waals surface area contributed by atoms with E-state index in [0.717, 1.165) is 30.6 Å². The van der Waals surface area contributed by atoms with Crippen LogP contribution in [-0.2, 0) is 9.59 Å². The number of alkyl halides is 2. The number of hydrogen-bond acceptors (Lipinski definition) is 7. The van der Waals surface area contributed by atoms with E-state index in [1.165, 1.54) is 6.07 Å². The van der Waals surface area contributed by atoms with Gasteiger partial charge >= 0.3 is 0 Å². The molecular weight excluding hydrogens is 486 g/mol. The molecule has 2 saturated carbocycles. The van der Waals surface area contributed by atoms with Crippen LogP contribution in [0.4, 0.5) is 14.5 Å².